The highest BCUT2D eigenvalue weighted by Crippen LogP contribution is 2.24. The van der Waals surface area contributed by atoms with Crippen LogP contribution in [0.3, 0.4) is 0 Å². The predicted molar refractivity (Wildman–Crippen MR) is 62.7 cm³/mol. The molecular weight excluding hydrogens is 210 g/mol. The fraction of sp³-hybridized carbons (Fsp3) is 0.182. The molecule has 0 aliphatic rings. The van der Waals surface area contributed by atoms with Crippen LogP contribution in [-0.2, 0) is 7.05 Å². The maximum absolute atomic E-state index is 6.04. The number of aromatic nitrogens is 2. The molecule has 0 fully saturated rings. The summed E-state index contributed by atoms with van der Waals surface area (Å²) >= 11 is 6.04. The van der Waals surface area contributed by atoms with Gasteiger partial charge in [0.1, 0.15) is 5.82 Å². The van der Waals surface area contributed by atoms with Crippen LogP contribution in [0, 0.1) is 6.92 Å². The summed E-state index contributed by atoms with van der Waals surface area (Å²) in [7, 11) is 1.90. The normalized spacial score (nSPS) is 10.3. The van der Waals surface area contributed by atoms with Crippen molar-refractivity contribution in [2.24, 2.45) is 7.05 Å². The quantitative estimate of drug-likeness (QED) is 0.845. The lowest BCUT2D eigenvalue weighted by Gasteiger charge is -2.07. The minimum atomic E-state index is 0.705. The first-order valence-corrected chi connectivity index (χ1v) is 5.07. The van der Waals surface area contributed by atoms with Crippen LogP contribution in [-0.4, -0.2) is 9.78 Å². The van der Waals surface area contributed by atoms with Gasteiger partial charge in [0.2, 0.25) is 0 Å². The average Bonchev–Trinajstić information content (AvgIpc) is 2.49. The van der Waals surface area contributed by atoms with E-state index in [4.69, 9.17) is 11.6 Å². The Morgan fingerprint density at radius 2 is 2.07 bits per heavy atom. The molecule has 1 aromatic heterocycles. The highest BCUT2D eigenvalue weighted by molar-refractivity contribution is 6.33. The zero-order valence-corrected chi connectivity index (χ0v) is 9.42. The molecule has 0 spiro atoms. The van der Waals surface area contributed by atoms with Gasteiger partial charge in [-0.3, -0.25) is 4.68 Å². The Morgan fingerprint density at radius 3 is 2.67 bits per heavy atom. The third-order valence-corrected chi connectivity index (χ3v) is 2.47. The van der Waals surface area contributed by atoms with Crippen molar-refractivity contribution < 1.29 is 0 Å². The third-order valence-electron chi connectivity index (χ3n) is 2.14. The lowest BCUT2D eigenvalue weighted by Crippen LogP contribution is -1.99. The van der Waals surface area contributed by atoms with Gasteiger partial charge in [-0.2, -0.15) is 5.10 Å². The molecule has 78 valence electrons. The van der Waals surface area contributed by atoms with E-state index < -0.39 is 0 Å². The third kappa shape index (κ3) is 2.13. The number of nitrogens with one attached hydrogen (secondary N) is 1. The number of para-hydroxylation sites is 1. The van der Waals surface area contributed by atoms with Crippen LogP contribution in [0.1, 0.15) is 5.69 Å². The van der Waals surface area contributed by atoms with Crippen LogP contribution in [0.4, 0.5) is 11.5 Å². The number of benzene rings is 1. The standard InChI is InChI=1S/C11H12ClN3/c1-8-7-11(15(2)14-8)13-10-6-4-3-5-9(10)12/h3-7,13H,1-2H3. The van der Waals surface area contributed by atoms with Crippen LogP contribution in [0.2, 0.25) is 5.02 Å². The summed E-state index contributed by atoms with van der Waals surface area (Å²) in [5.74, 6) is 0.931. The molecule has 2 rings (SSSR count). The Morgan fingerprint density at radius 1 is 1.33 bits per heavy atom. The summed E-state index contributed by atoms with van der Waals surface area (Å²) in [6, 6.07) is 9.61. The number of rotatable bonds is 2. The van der Waals surface area contributed by atoms with Crippen molar-refractivity contribution in [2.75, 3.05) is 5.32 Å². The molecule has 0 amide bonds. The minimum Gasteiger partial charge on any atom is -0.339 e. The first-order chi connectivity index (χ1) is 7.16. The molecule has 0 unspecified atom stereocenters. The van der Waals surface area contributed by atoms with Crippen molar-refractivity contribution in [3.63, 3.8) is 0 Å². The fourth-order valence-electron chi connectivity index (χ4n) is 1.43. The first-order valence-electron chi connectivity index (χ1n) is 4.69. The smallest absolute Gasteiger partial charge is 0.128 e. The highest BCUT2D eigenvalue weighted by Gasteiger charge is 2.03. The van der Waals surface area contributed by atoms with Crippen LogP contribution in [0.5, 0.6) is 0 Å². The van der Waals surface area contributed by atoms with E-state index in [-0.39, 0.29) is 0 Å². The van der Waals surface area contributed by atoms with Gasteiger partial charge in [-0.05, 0) is 19.1 Å². The molecule has 3 nitrogen and oxygen atoms in total. The Labute approximate surface area is 93.7 Å². The summed E-state index contributed by atoms with van der Waals surface area (Å²) in [6.45, 7) is 1.96. The van der Waals surface area contributed by atoms with E-state index in [1.807, 2.05) is 44.3 Å². The molecule has 0 radical (unpaired) electrons. The van der Waals surface area contributed by atoms with E-state index in [1.54, 1.807) is 4.68 Å². The lowest BCUT2D eigenvalue weighted by molar-refractivity contribution is 0.765. The molecule has 1 heterocycles. The lowest BCUT2D eigenvalue weighted by atomic mass is 10.3. The Balaban J connectivity index is 2.29. The summed E-state index contributed by atoms with van der Waals surface area (Å²) in [5.41, 5.74) is 1.87. The van der Waals surface area contributed by atoms with Gasteiger partial charge in [0.25, 0.3) is 0 Å². The van der Waals surface area contributed by atoms with Crippen molar-refractivity contribution in [3.8, 4) is 0 Å². The molecule has 1 N–H and O–H groups in total. The molecule has 0 bridgehead atoms. The molecule has 2 aromatic rings. The second kappa shape index (κ2) is 3.95. The van der Waals surface area contributed by atoms with Gasteiger partial charge >= 0.3 is 0 Å². The second-order valence-corrected chi connectivity index (χ2v) is 3.81. The summed E-state index contributed by atoms with van der Waals surface area (Å²) in [6.07, 6.45) is 0. The monoisotopic (exact) mass is 221 g/mol. The number of aryl methyl sites for hydroxylation is 2. The number of halogens is 1. The summed E-state index contributed by atoms with van der Waals surface area (Å²) in [5, 5.41) is 8.18. The summed E-state index contributed by atoms with van der Waals surface area (Å²) < 4.78 is 1.79. The zero-order chi connectivity index (χ0) is 10.8. The van der Waals surface area contributed by atoms with Gasteiger partial charge in [0, 0.05) is 13.1 Å². The van der Waals surface area contributed by atoms with E-state index >= 15 is 0 Å². The van der Waals surface area contributed by atoms with Crippen LogP contribution >= 0.6 is 11.6 Å². The molecule has 0 saturated heterocycles. The van der Waals surface area contributed by atoms with Gasteiger partial charge in [-0.1, -0.05) is 23.7 Å². The van der Waals surface area contributed by atoms with E-state index in [1.165, 1.54) is 0 Å². The number of hydrogen-bond acceptors (Lipinski definition) is 2. The Bertz CT molecular complexity index is 476. The number of nitrogens with zero attached hydrogens (tertiary/aromatic N) is 2. The molecule has 1 aromatic carbocycles. The van der Waals surface area contributed by atoms with Crippen molar-refractivity contribution in [1.29, 1.82) is 0 Å². The SMILES string of the molecule is Cc1cc(Nc2ccccc2Cl)n(C)n1. The minimum absolute atomic E-state index is 0.705. The van der Waals surface area contributed by atoms with Gasteiger partial charge in [0.15, 0.2) is 0 Å². The fourth-order valence-corrected chi connectivity index (χ4v) is 1.61. The molecule has 4 heteroatoms. The number of hydrogen-bond donors (Lipinski definition) is 1. The first kappa shape index (κ1) is 10.1. The molecule has 0 aliphatic carbocycles. The predicted octanol–water partition coefficient (Wildman–Crippen LogP) is 3.13. The van der Waals surface area contributed by atoms with Crippen molar-refractivity contribution >= 4 is 23.1 Å². The van der Waals surface area contributed by atoms with E-state index in [0.29, 0.717) is 5.02 Å². The van der Waals surface area contributed by atoms with Crippen molar-refractivity contribution in [1.82, 2.24) is 9.78 Å². The zero-order valence-electron chi connectivity index (χ0n) is 8.66. The van der Waals surface area contributed by atoms with Gasteiger partial charge in [0.05, 0.1) is 16.4 Å². The van der Waals surface area contributed by atoms with Gasteiger partial charge in [-0.15, -0.1) is 0 Å². The Hall–Kier alpha value is -1.48. The van der Waals surface area contributed by atoms with Gasteiger partial charge < -0.3 is 5.32 Å². The molecular formula is C11H12ClN3. The second-order valence-electron chi connectivity index (χ2n) is 3.40. The van der Waals surface area contributed by atoms with Crippen molar-refractivity contribution in [3.05, 3.63) is 41.0 Å². The maximum atomic E-state index is 6.04. The molecule has 0 aliphatic heterocycles. The highest BCUT2D eigenvalue weighted by atomic mass is 35.5. The van der Waals surface area contributed by atoms with Crippen molar-refractivity contribution in [2.45, 2.75) is 6.92 Å². The molecule has 0 atom stereocenters. The molecule has 0 saturated carbocycles. The van der Waals surface area contributed by atoms with E-state index in [2.05, 4.69) is 10.4 Å². The van der Waals surface area contributed by atoms with Crippen LogP contribution in [0.15, 0.2) is 30.3 Å². The largest absolute Gasteiger partial charge is 0.339 e. The average molecular weight is 222 g/mol. The summed E-state index contributed by atoms with van der Waals surface area (Å²) in [4.78, 5) is 0. The van der Waals surface area contributed by atoms with E-state index in [9.17, 15) is 0 Å². The Kier molecular flexibility index (Phi) is 2.64. The maximum Gasteiger partial charge on any atom is 0.128 e. The van der Waals surface area contributed by atoms with Gasteiger partial charge in [-0.25, -0.2) is 0 Å². The topological polar surface area (TPSA) is 29.9 Å². The van der Waals surface area contributed by atoms with Crippen LogP contribution in [0.25, 0.3) is 0 Å². The van der Waals surface area contributed by atoms with Crippen LogP contribution < -0.4 is 5.32 Å². The number of anilines is 2. The van der Waals surface area contributed by atoms with E-state index in [0.717, 1.165) is 17.2 Å². The molecule has 15 heavy (non-hydrogen) atoms.